The highest BCUT2D eigenvalue weighted by Gasteiger charge is 2.03. The van der Waals surface area contributed by atoms with Gasteiger partial charge in [-0.3, -0.25) is 4.79 Å². The maximum Gasteiger partial charge on any atom is 0.244 e. The van der Waals surface area contributed by atoms with Gasteiger partial charge >= 0.3 is 0 Å². The molecule has 0 spiro atoms. The maximum absolute atomic E-state index is 11.8. The molecule has 0 unspecified atom stereocenters. The molecular weight excluding hydrogens is 296 g/mol. The highest BCUT2D eigenvalue weighted by molar-refractivity contribution is 5.84. The van der Waals surface area contributed by atoms with Crippen LogP contribution in [0, 0.1) is 0 Å². The van der Waals surface area contributed by atoms with Gasteiger partial charge in [-0.2, -0.15) is 5.10 Å². The second-order valence-electron chi connectivity index (χ2n) is 4.75. The van der Waals surface area contributed by atoms with E-state index in [9.17, 15) is 9.90 Å². The Balaban J connectivity index is 1.89. The molecule has 2 aromatic carbocycles. The molecule has 120 valence electrons. The SMILES string of the molecule is COc1ccc(CC(=O)N/N=C/c2ccc(OC)c(O)c2)cc1. The minimum atomic E-state index is -0.232. The molecule has 0 heterocycles. The molecule has 0 bridgehead atoms. The van der Waals surface area contributed by atoms with Crippen LogP contribution in [0.1, 0.15) is 11.1 Å². The quantitative estimate of drug-likeness (QED) is 0.632. The van der Waals surface area contributed by atoms with Gasteiger partial charge in [0.15, 0.2) is 11.5 Å². The summed E-state index contributed by atoms with van der Waals surface area (Å²) in [4.78, 5) is 11.8. The van der Waals surface area contributed by atoms with Gasteiger partial charge in [-0.15, -0.1) is 0 Å². The Kier molecular flexibility index (Phi) is 5.57. The fourth-order valence-corrected chi connectivity index (χ4v) is 1.93. The Labute approximate surface area is 134 Å². The van der Waals surface area contributed by atoms with Crippen molar-refractivity contribution in [1.82, 2.24) is 5.43 Å². The van der Waals surface area contributed by atoms with E-state index < -0.39 is 0 Å². The molecule has 0 aromatic heterocycles. The molecule has 0 aliphatic rings. The van der Waals surface area contributed by atoms with Gasteiger partial charge in [0.05, 0.1) is 26.9 Å². The molecular formula is C17H18N2O4. The van der Waals surface area contributed by atoms with Crippen molar-refractivity contribution < 1.29 is 19.4 Å². The van der Waals surface area contributed by atoms with Gasteiger partial charge in [0, 0.05) is 0 Å². The highest BCUT2D eigenvalue weighted by atomic mass is 16.5. The van der Waals surface area contributed by atoms with Crippen LogP contribution in [-0.2, 0) is 11.2 Å². The number of aromatic hydroxyl groups is 1. The van der Waals surface area contributed by atoms with Crippen LogP contribution in [0.4, 0.5) is 0 Å². The number of hydrogen-bond acceptors (Lipinski definition) is 5. The van der Waals surface area contributed by atoms with Crippen molar-refractivity contribution >= 4 is 12.1 Å². The number of phenols is 1. The largest absolute Gasteiger partial charge is 0.504 e. The lowest BCUT2D eigenvalue weighted by Gasteiger charge is -2.04. The van der Waals surface area contributed by atoms with E-state index in [4.69, 9.17) is 9.47 Å². The van der Waals surface area contributed by atoms with Crippen molar-refractivity contribution in [3.8, 4) is 17.2 Å². The summed E-state index contributed by atoms with van der Waals surface area (Å²) in [5.41, 5.74) is 3.95. The number of hydrazone groups is 1. The molecule has 2 aromatic rings. The summed E-state index contributed by atoms with van der Waals surface area (Å²) in [6.07, 6.45) is 1.67. The minimum absolute atomic E-state index is 0.0148. The molecule has 6 nitrogen and oxygen atoms in total. The van der Waals surface area contributed by atoms with E-state index in [2.05, 4.69) is 10.5 Å². The van der Waals surface area contributed by atoms with Crippen LogP contribution < -0.4 is 14.9 Å². The van der Waals surface area contributed by atoms with Gasteiger partial charge in [-0.05, 0) is 41.5 Å². The summed E-state index contributed by atoms with van der Waals surface area (Å²) in [5, 5.41) is 13.5. The molecule has 0 atom stereocenters. The van der Waals surface area contributed by atoms with Gasteiger partial charge in [-0.25, -0.2) is 5.43 Å². The Bertz CT molecular complexity index is 696. The fourth-order valence-electron chi connectivity index (χ4n) is 1.93. The van der Waals surface area contributed by atoms with Crippen molar-refractivity contribution in [2.45, 2.75) is 6.42 Å². The van der Waals surface area contributed by atoms with Crippen molar-refractivity contribution in [1.29, 1.82) is 0 Å². The first-order valence-corrected chi connectivity index (χ1v) is 6.94. The third-order valence-corrected chi connectivity index (χ3v) is 3.13. The number of ether oxygens (including phenoxy) is 2. The van der Waals surface area contributed by atoms with Crippen molar-refractivity contribution in [2.24, 2.45) is 5.10 Å². The van der Waals surface area contributed by atoms with Gasteiger partial charge in [0.2, 0.25) is 5.91 Å². The molecule has 2 rings (SSSR count). The highest BCUT2D eigenvalue weighted by Crippen LogP contribution is 2.25. The van der Waals surface area contributed by atoms with Crippen LogP contribution in [0.3, 0.4) is 0 Å². The van der Waals surface area contributed by atoms with E-state index in [0.29, 0.717) is 11.3 Å². The zero-order chi connectivity index (χ0) is 16.7. The predicted octanol–water partition coefficient (Wildman–Crippen LogP) is 2.10. The summed E-state index contributed by atoms with van der Waals surface area (Å²) in [6.45, 7) is 0. The maximum atomic E-state index is 11.8. The zero-order valence-electron chi connectivity index (χ0n) is 12.9. The summed E-state index contributed by atoms with van der Waals surface area (Å²) in [6, 6.07) is 12.1. The number of amides is 1. The predicted molar refractivity (Wildman–Crippen MR) is 87.1 cm³/mol. The first kappa shape index (κ1) is 16.4. The van der Waals surface area contributed by atoms with Crippen molar-refractivity contribution in [3.63, 3.8) is 0 Å². The zero-order valence-corrected chi connectivity index (χ0v) is 12.9. The first-order valence-electron chi connectivity index (χ1n) is 6.94. The van der Waals surface area contributed by atoms with Gasteiger partial charge in [0.1, 0.15) is 5.75 Å². The second-order valence-corrected chi connectivity index (χ2v) is 4.75. The monoisotopic (exact) mass is 314 g/mol. The lowest BCUT2D eigenvalue weighted by Crippen LogP contribution is -2.19. The van der Waals surface area contributed by atoms with Gasteiger partial charge < -0.3 is 14.6 Å². The molecule has 0 radical (unpaired) electrons. The van der Waals surface area contributed by atoms with E-state index in [0.717, 1.165) is 11.3 Å². The van der Waals surface area contributed by atoms with Gasteiger partial charge in [-0.1, -0.05) is 12.1 Å². The number of methoxy groups -OCH3 is 2. The van der Waals surface area contributed by atoms with Crippen LogP contribution in [0.5, 0.6) is 17.2 Å². The summed E-state index contributed by atoms with van der Waals surface area (Å²) in [7, 11) is 3.07. The van der Waals surface area contributed by atoms with Crippen LogP contribution in [-0.4, -0.2) is 31.4 Å². The fraction of sp³-hybridized carbons (Fsp3) is 0.176. The lowest BCUT2D eigenvalue weighted by molar-refractivity contribution is -0.120. The number of benzene rings is 2. The average Bonchev–Trinajstić information content (AvgIpc) is 2.56. The number of phenolic OH excluding ortho intramolecular Hbond substituents is 1. The number of carbonyl (C=O) groups is 1. The Hall–Kier alpha value is -3.02. The van der Waals surface area contributed by atoms with E-state index in [1.807, 2.05) is 12.1 Å². The molecule has 0 aliphatic heterocycles. The van der Waals surface area contributed by atoms with Crippen LogP contribution >= 0.6 is 0 Å². The average molecular weight is 314 g/mol. The standard InChI is InChI=1S/C17H18N2O4/c1-22-14-6-3-12(4-7-14)10-17(21)19-18-11-13-5-8-16(23-2)15(20)9-13/h3-9,11,20H,10H2,1-2H3,(H,19,21)/b18-11+. The van der Waals surface area contributed by atoms with Crippen molar-refractivity contribution in [2.75, 3.05) is 14.2 Å². The Morgan fingerprint density at radius 2 is 1.91 bits per heavy atom. The molecule has 0 aliphatic carbocycles. The Morgan fingerprint density at radius 3 is 2.52 bits per heavy atom. The van der Waals surface area contributed by atoms with E-state index >= 15 is 0 Å². The third kappa shape index (κ3) is 4.74. The molecule has 0 saturated carbocycles. The second kappa shape index (κ2) is 7.84. The third-order valence-electron chi connectivity index (χ3n) is 3.13. The number of nitrogens with zero attached hydrogens (tertiary/aromatic N) is 1. The van der Waals surface area contributed by atoms with Crippen LogP contribution in [0.25, 0.3) is 0 Å². The minimum Gasteiger partial charge on any atom is -0.504 e. The lowest BCUT2D eigenvalue weighted by atomic mass is 10.1. The molecule has 1 amide bonds. The molecule has 6 heteroatoms. The van der Waals surface area contributed by atoms with Gasteiger partial charge in [0.25, 0.3) is 0 Å². The number of hydrogen-bond donors (Lipinski definition) is 2. The Morgan fingerprint density at radius 1 is 1.17 bits per heavy atom. The first-order chi connectivity index (χ1) is 11.1. The summed E-state index contributed by atoms with van der Waals surface area (Å²) < 4.78 is 10.0. The van der Waals surface area contributed by atoms with Crippen LogP contribution in [0.15, 0.2) is 47.6 Å². The molecule has 23 heavy (non-hydrogen) atoms. The van der Waals surface area contributed by atoms with Crippen molar-refractivity contribution in [3.05, 3.63) is 53.6 Å². The van der Waals surface area contributed by atoms with Crippen LogP contribution in [0.2, 0.25) is 0 Å². The number of carbonyl (C=O) groups excluding carboxylic acids is 1. The normalized spacial score (nSPS) is 10.5. The van der Waals surface area contributed by atoms with E-state index in [-0.39, 0.29) is 18.1 Å². The smallest absolute Gasteiger partial charge is 0.244 e. The summed E-state index contributed by atoms with van der Waals surface area (Å²) in [5.74, 6) is 0.905. The summed E-state index contributed by atoms with van der Waals surface area (Å²) >= 11 is 0. The molecule has 0 saturated heterocycles. The van der Waals surface area contributed by atoms with E-state index in [1.165, 1.54) is 19.4 Å². The molecule has 0 fully saturated rings. The topological polar surface area (TPSA) is 80.2 Å². The number of rotatable bonds is 6. The molecule has 2 N–H and O–H groups in total. The van der Waals surface area contributed by atoms with E-state index in [1.54, 1.807) is 31.4 Å². The number of nitrogens with one attached hydrogen (secondary N) is 1.